The molecule has 0 fully saturated rings. The van der Waals surface area contributed by atoms with Crippen molar-refractivity contribution in [2.24, 2.45) is 4.99 Å². The van der Waals surface area contributed by atoms with E-state index in [1.165, 1.54) is 4.88 Å². The third-order valence-corrected chi connectivity index (χ3v) is 5.32. The largest absolute Gasteiger partial charge is 0.356 e. The van der Waals surface area contributed by atoms with E-state index in [9.17, 15) is 4.79 Å². The molecule has 6 heteroatoms. The molecule has 0 radical (unpaired) electrons. The first-order valence-electron chi connectivity index (χ1n) is 8.80. The van der Waals surface area contributed by atoms with Crippen LogP contribution in [0.15, 0.2) is 52.8 Å². The van der Waals surface area contributed by atoms with Crippen molar-refractivity contribution in [3.8, 4) is 0 Å². The first-order valence-corrected chi connectivity index (χ1v) is 9.68. The van der Waals surface area contributed by atoms with E-state index in [1.807, 2.05) is 30.3 Å². The lowest BCUT2D eigenvalue weighted by molar-refractivity contribution is -0.121. The van der Waals surface area contributed by atoms with Crippen LogP contribution in [-0.2, 0) is 16.8 Å². The summed E-state index contributed by atoms with van der Waals surface area (Å²) in [5.74, 6) is 0.737. The van der Waals surface area contributed by atoms with Crippen LogP contribution in [0, 0.1) is 0 Å². The molecule has 0 atom stereocenters. The molecule has 1 aromatic carbocycles. The molecule has 2 aromatic rings. The molecular formula is C20H28N4OS. The van der Waals surface area contributed by atoms with Gasteiger partial charge in [0.15, 0.2) is 5.96 Å². The molecule has 1 heterocycles. The summed E-state index contributed by atoms with van der Waals surface area (Å²) < 4.78 is 0. The fraction of sp³-hybridized carbons (Fsp3) is 0.400. The maximum atomic E-state index is 11.9. The second-order valence-electron chi connectivity index (χ2n) is 6.73. The number of aliphatic imine (C=N–C) groups is 1. The average Bonchev–Trinajstić information content (AvgIpc) is 3.19. The number of nitrogens with zero attached hydrogens (tertiary/aromatic N) is 1. The summed E-state index contributed by atoms with van der Waals surface area (Å²) in [5, 5.41) is 11.6. The molecule has 0 spiro atoms. The third-order valence-electron chi connectivity index (χ3n) is 4.09. The van der Waals surface area contributed by atoms with Gasteiger partial charge in [-0.15, -0.1) is 11.3 Å². The summed E-state index contributed by atoms with van der Waals surface area (Å²) >= 11 is 1.76. The number of nitrogens with one attached hydrogen (secondary N) is 3. The van der Waals surface area contributed by atoms with Gasteiger partial charge in [0.2, 0.25) is 5.91 Å². The van der Waals surface area contributed by atoms with Gasteiger partial charge in [0.1, 0.15) is 0 Å². The summed E-state index contributed by atoms with van der Waals surface area (Å²) in [6.45, 7) is 6.28. The highest BCUT2D eigenvalue weighted by Gasteiger charge is 2.21. The van der Waals surface area contributed by atoms with E-state index < -0.39 is 0 Å². The van der Waals surface area contributed by atoms with E-state index in [1.54, 1.807) is 18.4 Å². The van der Waals surface area contributed by atoms with Crippen LogP contribution in [-0.4, -0.2) is 32.0 Å². The summed E-state index contributed by atoms with van der Waals surface area (Å²) in [7, 11) is 1.74. The number of guanidine groups is 1. The Hall–Kier alpha value is -2.34. The lowest BCUT2D eigenvalue weighted by atomic mass is 9.91. The van der Waals surface area contributed by atoms with Crippen molar-refractivity contribution in [1.29, 1.82) is 0 Å². The maximum Gasteiger partial charge on any atom is 0.222 e. The van der Waals surface area contributed by atoms with Gasteiger partial charge in [0.05, 0.1) is 0 Å². The third kappa shape index (κ3) is 6.52. The zero-order chi connectivity index (χ0) is 18.8. The summed E-state index contributed by atoms with van der Waals surface area (Å²) in [4.78, 5) is 17.5. The Balaban J connectivity index is 1.67. The van der Waals surface area contributed by atoms with Crippen LogP contribution in [0.4, 0.5) is 0 Å². The number of hydrogen-bond acceptors (Lipinski definition) is 3. The fourth-order valence-corrected chi connectivity index (χ4v) is 3.31. The molecule has 2 rings (SSSR count). The molecule has 0 bridgehead atoms. The Kier molecular flexibility index (Phi) is 7.66. The number of hydrogen-bond donors (Lipinski definition) is 3. The van der Waals surface area contributed by atoms with Gasteiger partial charge in [-0.25, -0.2) is 0 Å². The smallest absolute Gasteiger partial charge is 0.222 e. The van der Waals surface area contributed by atoms with Crippen molar-refractivity contribution in [2.45, 2.75) is 32.2 Å². The number of rotatable bonds is 8. The van der Waals surface area contributed by atoms with Gasteiger partial charge >= 0.3 is 0 Å². The monoisotopic (exact) mass is 372 g/mol. The fourth-order valence-electron chi connectivity index (χ4n) is 2.46. The van der Waals surface area contributed by atoms with Gasteiger partial charge in [0, 0.05) is 43.4 Å². The number of carbonyl (C=O) groups excluding carboxylic acids is 1. The molecule has 26 heavy (non-hydrogen) atoms. The van der Waals surface area contributed by atoms with E-state index in [0.29, 0.717) is 25.5 Å². The van der Waals surface area contributed by atoms with Gasteiger partial charge in [-0.05, 0) is 17.0 Å². The molecule has 3 N–H and O–H groups in total. The van der Waals surface area contributed by atoms with Gasteiger partial charge in [-0.3, -0.25) is 9.79 Å². The van der Waals surface area contributed by atoms with Crippen LogP contribution >= 0.6 is 11.3 Å². The quantitative estimate of drug-likeness (QED) is 0.493. The Morgan fingerprint density at radius 3 is 2.50 bits per heavy atom. The van der Waals surface area contributed by atoms with Crippen LogP contribution in [0.2, 0.25) is 0 Å². The molecule has 0 aliphatic heterocycles. The molecule has 0 aliphatic carbocycles. The van der Waals surface area contributed by atoms with Crippen molar-refractivity contribution in [1.82, 2.24) is 16.0 Å². The number of benzene rings is 1. The average molecular weight is 373 g/mol. The second-order valence-corrected chi connectivity index (χ2v) is 7.67. The van der Waals surface area contributed by atoms with Crippen molar-refractivity contribution in [3.63, 3.8) is 0 Å². The van der Waals surface area contributed by atoms with Crippen LogP contribution in [0.1, 0.15) is 30.7 Å². The predicted molar refractivity (Wildman–Crippen MR) is 110 cm³/mol. The summed E-state index contributed by atoms with van der Waals surface area (Å²) in [6, 6.07) is 14.1. The van der Waals surface area contributed by atoms with Gasteiger partial charge in [-0.2, -0.15) is 0 Å². The van der Waals surface area contributed by atoms with Gasteiger partial charge in [0.25, 0.3) is 0 Å². The summed E-state index contributed by atoms with van der Waals surface area (Å²) in [6.07, 6.45) is 0.405. The molecule has 5 nitrogen and oxygen atoms in total. The predicted octanol–water partition coefficient (Wildman–Crippen LogP) is 2.90. The first-order chi connectivity index (χ1) is 12.5. The topological polar surface area (TPSA) is 65.5 Å². The maximum absolute atomic E-state index is 11.9. The van der Waals surface area contributed by atoms with Crippen molar-refractivity contribution >= 4 is 23.2 Å². The van der Waals surface area contributed by atoms with Crippen LogP contribution in [0.5, 0.6) is 0 Å². The minimum absolute atomic E-state index is 0.0238. The Labute approximate surface area is 159 Å². The lowest BCUT2D eigenvalue weighted by Crippen LogP contribution is -2.44. The van der Waals surface area contributed by atoms with Crippen LogP contribution < -0.4 is 16.0 Å². The van der Waals surface area contributed by atoms with Crippen molar-refractivity contribution < 1.29 is 4.79 Å². The van der Waals surface area contributed by atoms with E-state index in [-0.39, 0.29) is 11.3 Å². The highest BCUT2D eigenvalue weighted by Crippen LogP contribution is 2.26. The second kappa shape index (κ2) is 9.97. The Morgan fingerprint density at radius 2 is 1.85 bits per heavy atom. The van der Waals surface area contributed by atoms with Crippen LogP contribution in [0.3, 0.4) is 0 Å². The Morgan fingerprint density at radius 1 is 1.08 bits per heavy atom. The van der Waals surface area contributed by atoms with Gasteiger partial charge in [-0.1, -0.05) is 50.2 Å². The minimum Gasteiger partial charge on any atom is -0.356 e. The normalized spacial score (nSPS) is 11.9. The molecule has 1 amide bonds. The Bertz CT molecular complexity index is 696. The van der Waals surface area contributed by atoms with Crippen LogP contribution in [0.25, 0.3) is 0 Å². The van der Waals surface area contributed by atoms with E-state index in [0.717, 1.165) is 12.1 Å². The molecule has 0 saturated heterocycles. The van der Waals surface area contributed by atoms with Crippen molar-refractivity contribution in [3.05, 3.63) is 58.3 Å². The molecule has 0 aliphatic rings. The number of carbonyl (C=O) groups is 1. The van der Waals surface area contributed by atoms with E-state index in [4.69, 9.17) is 0 Å². The SMILES string of the molecule is CN=C(NCCC(=O)NCc1ccccc1)NCC(C)(C)c1cccs1. The number of amides is 1. The molecule has 140 valence electrons. The zero-order valence-corrected chi connectivity index (χ0v) is 16.5. The molecule has 0 saturated carbocycles. The molecular weight excluding hydrogens is 344 g/mol. The first kappa shape index (κ1) is 20.0. The molecule has 1 aromatic heterocycles. The van der Waals surface area contributed by atoms with E-state index in [2.05, 4.69) is 52.3 Å². The molecule has 0 unspecified atom stereocenters. The highest BCUT2D eigenvalue weighted by atomic mass is 32.1. The van der Waals surface area contributed by atoms with Crippen molar-refractivity contribution in [2.75, 3.05) is 20.1 Å². The standard InChI is InChI=1S/C20H28N4OS/c1-20(2,17-10-7-13-26-17)15-24-19(21-3)22-12-11-18(25)23-14-16-8-5-4-6-9-16/h4-10,13H,11-12,14-15H2,1-3H3,(H,23,25)(H2,21,22,24). The highest BCUT2D eigenvalue weighted by molar-refractivity contribution is 7.10. The lowest BCUT2D eigenvalue weighted by Gasteiger charge is -2.25. The summed E-state index contributed by atoms with van der Waals surface area (Å²) in [5.41, 5.74) is 1.13. The minimum atomic E-state index is 0.0238. The zero-order valence-electron chi connectivity index (χ0n) is 15.7. The van der Waals surface area contributed by atoms with E-state index >= 15 is 0 Å². The van der Waals surface area contributed by atoms with Gasteiger partial charge < -0.3 is 16.0 Å². The number of thiophene rings is 1.